The Kier molecular flexibility index (Phi) is 6.32. The molecule has 11 heteroatoms. The van der Waals surface area contributed by atoms with Gasteiger partial charge in [-0.15, -0.1) is 0 Å². The molecule has 1 aliphatic rings. The van der Waals surface area contributed by atoms with E-state index in [9.17, 15) is 30.8 Å². The van der Waals surface area contributed by atoms with Gasteiger partial charge < -0.3 is 9.80 Å². The summed E-state index contributed by atoms with van der Waals surface area (Å²) >= 11 is 0. The normalized spacial score (nSPS) is 15.3. The Morgan fingerprint density at radius 1 is 1.00 bits per heavy atom. The minimum absolute atomic E-state index is 0.335. The monoisotopic (exact) mass is 445 g/mol. The number of rotatable bonds is 5. The first kappa shape index (κ1) is 22.0. The number of piperazine rings is 1. The van der Waals surface area contributed by atoms with Crippen LogP contribution in [0.1, 0.15) is 5.56 Å². The molecule has 1 heterocycles. The molecule has 1 amide bonds. The first-order valence-corrected chi connectivity index (χ1v) is 10.5. The standard InChI is InChI=1S/C19H19F4N3O3S/c20-15-4-6-16(7-5-15)25-8-10-26(11-9-25)18(27)13-24-30(28,29)17-3-1-2-14(12-17)19(21,22)23/h1-7,12,24H,8-11,13H2. The van der Waals surface area contributed by atoms with Crippen molar-refractivity contribution in [2.75, 3.05) is 37.6 Å². The number of halogens is 4. The molecule has 1 fully saturated rings. The van der Waals surface area contributed by atoms with Gasteiger partial charge >= 0.3 is 6.18 Å². The van der Waals surface area contributed by atoms with Crippen LogP contribution in [-0.2, 0) is 21.0 Å². The molecular formula is C19H19F4N3O3S. The fraction of sp³-hybridized carbons (Fsp3) is 0.316. The second-order valence-corrected chi connectivity index (χ2v) is 8.46. The van der Waals surface area contributed by atoms with E-state index in [1.54, 1.807) is 12.1 Å². The number of nitrogens with one attached hydrogen (secondary N) is 1. The second kappa shape index (κ2) is 8.60. The van der Waals surface area contributed by atoms with Crippen LogP contribution in [0.25, 0.3) is 0 Å². The van der Waals surface area contributed by atoms with Crippen molar-refractivity contribution >= 4 is 21.6 Å². The van der Waals surface area contributed by atoms with E-state index in [0.717, 1.165) is 23.9 Å². The largest absolute Gasteiger partial charge is 0.416 e. The highest BCUT2D eigenvalue weighted by molar-refractivity contribution is 7.89. The zero-order chi connectivity index (χ0) is 21.9. The van der Waals surface area contributed by atoms with Crippen molar-refractivity contribution in [1.82, 2.24) is 9.62 Å². The van der Waals surface area contributed by atoms with Gasteiger partial charge in [0.05, 0.1) is 17.0 Å². The molecule has 3 rings (SSSR count). The number of carbonyl (C=O) groups is 1. The van der Waals surface area contributed by atoms with E-state index in [1.165, 1.54) is 17.0 Å². The third kappa shape index (κ3) is 5.28. The molecule has 6 nitrogen and oxygen atoms in total. The molecule has 0 unspecified atom stereocenters. The number of amides is 1. The third-order valence-electron chi connectivity index (χ3n) is 4.71. The van der Waals surface area contributed by atoms with Crippen molar-refractivity contribution in [2.45, 2.75) is 11.1 Å². The number of alkyl halides is 3. The zero-order valence-electron chi connectivity index (χ0n) is 15.7. The van der Waals surface area contributed by atoms with Crippen LogP contribution in [0.15, 0.2) is 53.4 Å². The van der Waals surface area contributed by atoms with E-state index < -0.39 is 39.1 Å². The molecular weight excluding hydrogens is 426 g/mol. The maximum Gasteiger partial charge on any atom is 0.416 e. The SMILES string of the molecule is O=C(CNS(=O)(=O)c1cccc(C(F)(F)F)c1)N1CCN(c2ccc(F)cc2)CC1. The van der Waals surface area contributed by atoms with Gasteiger partial charge in [-0.25, -0.2) is 17.5 Å². The van der Waals surface area contributed by atoms with Crippen molar-refractivity contribution < 1.29 is 30.8 Å². The lowest BCUT2D eigenvalue weighted by molar-refractivity contribution is -0.137. The van der Waals surface area contributed by atoms with Gasteiger partial charge in [0.15, 0.2) is 0 Å². The lowest BCUT2D eigenvalue weighted by Crippen LogP contribution is -2.51. The summed E-state index contributed by atoms with van der Waals surface area (Å²) in [6.45, 7) is 1.08. The maximum atomic E-state index is 13.0. The summed E-state index contributed by atoms with van der Waals surface area (Å²) in [5.74, 6) is -0.829. The number of benzene rings is 2. The fourth-order valence-corrected chi connectivity index (χ4v) is 4.08. The molecule has 1 N–H and O–H groups in total. The molecule has 0 radical (unpaired) electrons. The summed E-state index contributed by atoms with van der Waals surface area (Å²) in [6.07, 6.45) is -4.68. The quantitative estimate of drug-likeness (QED) is 0.718. The Labute approximate surface area is 171 Å². The maximum absolute atomic E-state index is 13.0. The van der Waals surface area contributed by atoms with E-state index in [4.69, 9.17) is 0 Å². The third-order valence-corrected chi connectivity index (χ3v) is 6.11. The summed E-state index contributed by atoms with van der Waals surface area (Å²) in [5, 5.41) is 0. The molecule has 1 aliphatic heterocycles. The molecule has 0 atom stereocenters. The summed E-state index contributed by atoms with van der Waals surface area (Å²) in [5.41, 5.74) is -0.276. The van der Waals surface area contributed by atoms with Crippen molar-refractivity contribution in [3.63, 3.8) is 0 Å². The highest BCUT2D eigenvalue weighted by Gasteiger charge is 2.32. The lowest BCUT2D eigenvalue weighted by Gasteiger charge is -2.36. The fourth-order valence-electron chi connectivity index (χ4n) is 3.06. The Hall–Kier alpha value is -2.66. The van der Waals surface area contributed by atoms with Crippen LogP contribution < -0.4 is 9.62 Å². The van der Waals surface area contributed by atoms with Gasteiger partial charge in [-0.3, -0.25) is 4.79 Å². The predicted molar refractivity (Wildman–Crippen MR) is 102 cm³/mol. The molecule has 0 aliphatic carbocycles. The van der Waals surface area contributed by atoms with Crippen LogP contribution in [0.2, 0.25) is 0 Å². The van der Waals surface area contributed by atoms with E-state index >= 15 is 0 Å². The first-order chi connectivity index (χ1) is 14.1. The van der Waals surface area contributed by atoms with Gasteiger partial charge in [-0.05, 0) is 42.5 Å². The molecule has 162 valence electrons. The van der Waals surface area contributed by atoms with E-state index in [-0.39, 0.29) is 5.82 Å². The summed E-state index contributed by atoms with van der Waals surface area (Å²) < 4.78 is 78.0. The summed E-state index contributed by atoms with van der Waals surface area (Å²) in [7, 11) is -4.28. The Bertz CT molecular complexity index is 1000. The highest BCUT2D eigenvalue weighted by atomic mass is 32.2. The zero-order valence-corrected chi connectivity index (χ0v) is 16.5. The Morgan fingerprint density at radius 3 is 2.23 bits per heavy atom. The van der Waals surface area contributed by atoms with Crippen LogP contribution in [0.5, 0.6) is 0 Å². The number of hydrogen-bond acceptors (Lipinski definition) is 4. The van der Waals surface area contributed by atoms with Gasteiger partial charge in [-0.2, -0.15) is 13.2 Å². The van der Waals surface area contributed by atoms with Crippen molar-refractivity contribution in [3.05, 3.63) is 59.9 Å². The average Bonchev–Trinajstić information content (AvgIpc) is 2.72. The minimum Gasteiger partial charge on any atom is -0.368 e. The number of anilines is 1. The van der Waals surface area contributed by atoms with Crippen molar-refractivity contribution in [2.24, 2.45) is 0 Å². The van der Waals surface area contributed by atoms with E-state index in [0.29, 0.717) is 32.2 Å². The topological polar surface area (TPSA) is 69.7 Å². The molecule has 0 spiro atoms. The minimum atomic E-state index is -4.68. The number of hydrogen-bond donors (Lipinski definition) is 1. The van der Waals surface area contributed by atoms with E-state index in [2.05, 4.69) is 4.72 Å². The van der Waals surface area contributed by atoms with Gasteiger partial charge in [-0.1, -0.05) is 6.07 Å². The van der Waals surface area contributed by atoms with Crippen LogP contribution in [0.3, 0.4) is 0 Å². The van der Waals surface area contributed by atoms with Crippen LogP contribution in [0.4, 0.5) is 23.2 Å². The number of nitrogens with zero attached hydrogens (tertiary/aromatic N) is 2. The lowest BCUT2D eigenvalue weighted by atomic mass is 10.2. The molecule has 30 heavy (non-hydrogen) atoms. The van der Waals surface area contributed by atoms with Gasteiger partial charge in [0, 0.05) is 31.9 Å². The van der Waals surface area contributed by atoms with Crippen LogP contribution in [-0.4, -0.2) is 51.9 Å². The second-order valence-electron chi connectivity index (χ2n) is 6.69. The van der Waals surface area contributed by atoms with Crippen molar-refractivity contribution in [1.29, 1.82) is 0 Å². The number of sulfonamides is 1. The summed E-state index contributed by atoms with van der Waals surface area (Å²) in [6, 6.07) is 9.27. The number of carbonyl (C=O) groups excluding carboxylic acids is 1. The predicted octanol–water partition coefficient (Wildman–Crippen LogP) is 2.47. The molecule has 1 saturated heterocycles. The Balaban J connectivity index is 1.56. The van der Waals surface area contributed by atoms with E-state index in [1.807, 2.05) is 4.90 Å². The smallest absolute Gasteiger partial charge is 0.368 e. The molecule has 0 bridgehead atoms. The van der Waals surface area contributed by atoms with Crippen molar-refractivity contribution in [3.8, 4) is 0 Å². The molecule has 0 saturated carbocycles. The molecule has 2 aromatic carbocycles. The highest BCUT2D eigenvalue weighted by Crippen LogP contribution is 2.30. The van der Waals surface area contributed by atoms with Gasteiger partial charge in [0.1, 0.15) is 5.82 Å². The van der Waals surface area contributed by atoms with Gasteiger partial charge in [0.25, 0.3) is 0 Å². The summed E-state index contributed by atoms with van der Waals surface area (Å²) in [4.78, 5) is 15.2. The first-order valence-electron chi connectivity index (χ1n) is 9.01. The molecule has 2 aromatic rings. The van der Waals surface area contributed by atoms with Gasteiger partial charge in [0.2, 0.25) is 15.9 Å². The average molecular weight is 445 g/mol. The van der Waals surface area contributed by atoms with Crippen LogP contribution in [0, 0.1) is 5.82 Å². The molecule has 0 aromatic heterocycles. The Morgan fingerprint density at radius 2 is 1.63 bits per heavy atom. The van der Waals surface area contributed by atoms with Crippen LogP contribution >= 0.6 is 0 Å².